The van der Waals surface area contributed by atoms with Gasteiger partial charge in [0.25, 0.3) is 0 Å². The van der Waals surface area contributed by atoms with Crippen LogP contribution in [0.2, 0.25) is 0 Å². The van der Waals surface area contributed by atoms with Crippen LogP contribution in [-0.2, 0) is 29.3 Å². The second kappa shape index (κ2) is 6.34. The highest BCUT2D eigenvalue weighted by Gasteiger charge is 2.14. The summed E-state index contributed by atoms with van der Waals surface area (Å²) in [6.07, 6.45) is -0.00362. The highest BCUT2D eigenvalue weighted by atomic mass is 16.5. The number of carbonyl (C=O) groups is 1. The summed E-state index contributed by atoms with van der Waals surface area (Å²) in [5.74, 6) is -0.846. The van der Waals surface area contributed by atoms with Crippen LogP contribution in [0, 0.1) is 13.8 Å². The minimum Gasteiger partial charge on any atom is -0.481 e. The van der Waals surface area contributed by atoms with Crippen molar-refractivity contribution in [2.45, 2.75) is 33.6 Å². The van der Waals surface area contributed by atoms with E-state index in [1.54, 1.807) is 4.68 Å². The molecular formula is C15H18N2O3. The van der Waals surface area contributed by atoms with Crippen LogP contribution in [0.4, 0.5) is 0 Å². The van der Waals surface area contributed by atoms with Gasteiger partial charge in [-0.1, -0.05) is 30.3 Å². The minimum atomic E-state index is -0.846. The molecule has 0 saturated carbocycles. The normalized spacial score (nSPS) is 10.7. The second-order valence-corrected chi connectivity index (χ2v) is 4.68. The first-order chi connectivity index (χ1) is 9.58. The largest absolute Gasteiger partial charge is 0.481 e. The lowest BCUT2D eigenvalue weighted by Crippen LogP contribution is -2.07. The Morgan fingerprint density at radius 2 is 2.00 bits per heavy atom. The van der Waals surface area contributed by atoms with Crippen LogP contribution in [-0.4, -0.2) is 20.9 Å². The van der Waals surface area contributed by atoms with Gasteiger partial charge >= 0.3 is 5.97 Å². The van der Waals surface area contributed by atoms with E-state index >= 15 is 0 Å². The van der Waals surface area contributed by atoms with Gasteiger partial charge in [-0.05, 0) is 19.4 Å². The van der Waals surface area contributed by atoms with Crippen LogP contribution < -0.4 is 0 Å². The van der Waals surface area contributed by atoms with Crippen molar-refractivity contribution in [2.75, 3.05) is 0 Å². The van der Waals surface area contributed by atoms with Gasteiger partial charge in [0, 0.05) is 11.3 Å². The zero-order chi connectivity index (χ0) is 14.5. The maximum Gasteiger partial charge on any atom is 0.307 e. The number of hydrogen-bond donors (Lipinski definition) is 1. The topological polar surface area (TPSA) is 64.4 Å². The molecule has 0 atom stereocenters. The zero-order valence-electron chi connectivity index (χ0n) is 11.7. The molecule has 0 bridgehead atoms. The molecule has 20 heavy (non-hydrogen) atoms. The van der Waals surface area contributed by atoms with E-state index < -0.39 is 5.97 Å². The van der Waals surface area contributed by atoms with Crippen LogP contribution in [0.3, 0.4) is 0 Å². The average Bonchev–Trinajstić information content (AvgIpc) is 2.67. The van der Waals surface area contributed by atoms with Crippen molar-refractivity contribution in [2.24, 2.45) is 0 Å². The summed E-state index contributed by atoms with van der Waals surface area (Å²) in [4.78, 5) is 10.8. The third kappa shape index (κ3) is 3.45. The number of aromatic nitrogens is 2. The van der Waals surface area contributed by atoms with E-state index in [4.69, 9.17) is 9.84 Å². The number of hydrogen-bond acceptors (Lipinski definition) is 3. The summed E-state index contributed by atoms with van der Waals surface area (Å²) in [5.41, 5.74) is 3.45. The number of aryl methyl sites for hydroxylation is 1. The zero-order valence-corrected chi connectivity index (χ0v) is 11.7. The van der Waals surface area contributed by atoms with Crippen molar-refractivity contribution in [1.82, 2.24) is 9.78 Å². The molecule has 1 heterocycles. The smallest absolute Gasteiger partial charge is 0.307 e. The standard InChI is InChI=1S/C15H18N2O3/c1-11-14(8-15(18)19)12(2)17(16-11)10-20-9-13-6-4-3-5-7-13/h3-7H,8-10H2,1-2H3,(H,18,19). The van der Waals surface area contributed by atoms with E-state index in [0.29, 0.717) is 13.3 Å². The number of carboxylic acid groups (broad SMARTS) is 1. The van der Waals surface area contributed by atoms with E-state index in [9.17, 15) is 4.79 Å². The molecule has 2 rings (SSSR count). The molecule has 2 aromatic rings. The van der Waals surface area contributed by atoms with Crippen molar-refractivity contribution < 1.29 is 14.6 Å². The Morgan fingerprint density at radius 1 is 1.30 bits per heavy atom. The van der Waals surface area contributed by atoms with Crippen LogP contribution >= 0.6 is 0 Å². The Kier molecular flexibility index (Phi) is 4.53. The third-order valence-corrected chi connectivity index (χ3v) is 3.18. The van der Waals surface area contributed by atoms with Crippen molar-refractivity contribution in [3.05, 3.63) is 52.8 Å². The molecule has 5 heteroatoms. The van der Waals surface area contributed by atoms with Gasteiger partial charge in [-0.2, -0.15) is 5.10 Å². The molecule has 0 radical (unpaired) electrons. The molecule has 0 saturated heterocycles. The first-order valence-electron chi connectivity index (χ1n) is 6.44. The van der Waals surface area contributed by atoms with Crippen LogP contribution in [0.25, 0.3) is 0 Å². The lowest BCUT2D eigenvalue weighted by molar-refractivity contribution is -0.136. The van der Waals surface area contributed by atoms with E-state index in [0.717, 1.165) is 22.5 Å². The summed E-state index contributed by atoms with van der Waals surface area (Å²) in [7, 11) is 0. The fourth-order valence-corrected chi connectivity index (χ4v) is 2.09. The number of aliphatic carboxylic acids is 1. The molecule has 0 aliphatic rings. The summed E-state index contributed by atoms with van der Waals surface area (Å²) in [6.45, 7) is 4.51. The quantitative estimate of drug-likeness (QED) is 0.878. The third-order valence-electron chi connectivity index (χ3n) is 3.18. The second-order valence-electron chi connectivity index (χ2n) is 4.68. The monoisotopic (exact) mass is 274 g/mol. The molecular weight excluding hydrogens is 256 g/mol. The Labute approximate surface area is 117 Å². The Morgan fingerprint density at radius 3 is 2.65 bits per heavy atom. The van der Waals surface area contributed by atoms with E-state index in [1.165, 1.54) is 0 Å². The lowest BCUT2D eigenvalue weighted by Gasteiger charge is -2.07. The molecule has 0 fully saturated rings. The van der Waals surface area contributed by atoms with Gasteiger partial charge in [0.15, 0.2) is 0 Å². The number of carboxylic acids is 1. The fraction of sp³-hybridized carbons (Fsp3) is 0.333. The molecule has 0 aliphatic heterocycles. The summed E-state index contributed by atoms with van der Waals surface area (Å²) in [5, 5.41) is 13.2. The van der Waals surface area contributed by atoms with Gasteiger partial charge in [-0.3, -0.25) is 4.79 Å². The van der Waals surface area contributed by atoms with Gasteiger partial charge in [0.05, 0.1) is 18.7 Å². The highest BCUT2D eigenvalue weighted by molar-refractivity contribution is 5.70. The van der Waals surface area contributed by atoms with Crippen LogP contribution in [0.1, 0.15) is 22.5 Å². The molecule has 0 amide bonds. The lowest BCUT2D eigenvalue weighted by atomic mass is 10.1. The highest BCUT2D eigenvalue weighted by Crippen LogP contribution is 2.14. The first kappa shape index (κ1) is 14.3. The van der Waals surface area contributed by atoms with Gasteiger partial charge in [0.2, 0.25) is 0 Å². The molecule has 5 nitrogen and oxygen atoms in total. The Balaban J connectivity index is 1.98. The van der Waals surface area contributed by atoms with Crippen LogP contribution in [0.15, 0.2) is 30.3 Å². The average molecular weight is 274 g/mol. The minimum absolute atomic E-state index is 0.00362. The first-order valence-corrected chi connectivity index (χ1v) is 6.44. The van der Waals surface area contributed by atoms with Gasteiger partial charge in [-0.25, -0.2) is 4.68 Å². The van der Waals surface area contributed by atoms with Crippen molar-refractivity contribution in [3.63, 3.8) is 0 Å². The number of nitrogens with zero attached hydrogens (tertiary/aromatic N) is 2. The number of ether oxygens (including phenoxy) is 1. The molecule has 0 unspecified atom stereocenters. The number of benzene rings is 1. The summed E-state index contributed by atoms with van der Waals surface area (Å²) >= 11 is 0. The van der Waals surface area contributed by atoms with Crippen molar-refractivity contribution in [3.8, 4) is 0 Å². The molecule has 0 spiro atoms. The van der Waals surface area contributed by atoms with E-state index in [1.807, 2.05) is 44.2 Å². The molecule has 1 N–H and O–H groups in total. The van der Waals surface area contributed by atoms with E-state index in [-0.39, 0.29) is 6.42 Å². The maximum atomic E-state index is 10.8. The van der Waals surface area contributed by atoms with E-state index in [2.05, 4.69) is 5.10 Å². The van der Waals surface area contributed by atoms with Gasteiger partial charge in [-0.15, -0.1) is 0 Å². The molecule has 106 valence electrons. The Bertz CT molecular complexity index is 591. The molecule has 1 aromatic carbocycles. The number of rotatable bonds is 6. The molecule has 0 aliphatic carbocycles. The van der Waals surface area contributed by atoms with Gasteiger partial charge < -0.3 is 9.84 Å². The summed E-state index contributed by atoms with van der Waals surface area (Å²) in [6, 6.07) is 9.89. The maximum absolute atomic E-state index is 10.8. The van der Waals surface area contributed by atoms with Crippen LogP contribution in [0.5, 0.6) is 0 Å². The SMILES string of the molecule is Cc1nn(COCc2ccccc2)c(C)c1CC(=O)O. The van der Waals surface area contributed by atoms with Gasteiger partial charge in [0.1, 0.15) is 6.73 Å². The fourth-order valence-electron chi connectivity index (χ4n) is 2.09. The predicted molar refractivity (Wildman–Crippen MR) is 74.3 cm³/mol. The molecule has 1 aromatic heterocycles. The van der Waals surface area contributed by atoms with Crippen molar-refractivity contribution >= 4 is 5.97 Å². The van der Waals surface area contributed by atoms with Crippen molar-refractivity contribution in [1.29, 1.82) is 0 Å². The summed E-state index contributed by atoms with van der Waals surface area (Å²) < 4.78 is 7.32. The Hall–Kier alpha value is -2.14. The predicted octanol–water partition coefficient (Wildman–Crippen LogP) is 2.30.